The molecule has 1 rings (SSSR count). The molecule has 0 aromatic rings. The average Bonchev–Trinajstić information content (AvgIpc) is 1.77. The van der Waals surface area contributed by atoms with Crippen molar-refractivity contribution in [3.8, 4) is 0 Å². The molecule has 4 heteroatoms. The van der Waals surface area contributed by atoms with E-state index in [1.54, 1.807) is 0 Å². The van der Waals surface area contributed by atoms with Gasteiger partial charge in [0.25, 0.3) is 0 Å². The monoisotopic (exact) mass is 153 g/mol. The number of hydroxylamine groups is 2. The van der Waals surface area contributed by atoms with Gasteiger partial charge in [-0.05, 0) is 19.3 Å². The predicted octanol–water partition coefficient (Wildman–Crippen LogP) is 0.602. The summed E-state index contributed by atoms with van der Waals surface area (Å²) in [7, 11) is 0. The van der Waals surface area contributed by atoms with Crippen molar-refractivity contribution in [3.63, 3.8) is 0 Å². The van der Waals surface area contributed by atoms with Gasteiger partial charge in [-0.3, -0.25) is 0 Å². The highest BCUT2D eigenvalue weighted by molar-refractivity contribution is 5.85. The van der Waals surface area contributed by atoms with E-state index in [4.69, 9.17) is 10.3 Å². The number of hydrogen-bond acceptors (Lipinski definition) is 3. The number of halogens is 1. The van der Waals surface area contributed by atoms with E-state index in [0.717, 1.165) is 17.9 Å². The van der Waals surface area contributed by atoms with Gasteiger partial charge in [-0.1, -0.05) is 0 Å². The van der Waals surface area contributed by atoms with Gasteiger partial charge in [0.05, 0.1) is 0 Å². The quantitative estimate of drug-likeness (QED) is 0.536. The molecule has 1 aliphatic rings. The number of aliphatic hydroxyl groups excluding tert-OH is 1. The minimum absolute atomic E-state index is 0. The molecule has 1 heterocycles. The van der Waals surface area contributed by atoms with Crippen LogP contribution in [0.4, 0.5) is 0 Å². The summed E-state index contributed by atoms with van der Waals surface area (Å²) >= 11 is 0. The summed E-state index contributed by atoms with van der Waals surface area (Å²) in [6, 6.07) is 0. The summed E-state index contributed by atoms with van der Waals surface area (Å²) < 4.78 is 0. The van der Waals surface area contributed by atoms with Gasteiger partial charge < -0.3 is 10.3 Å². The summed E-state index contributed by atoms with van der Waals surface area (Å²) in [5.41, 5.74) is 0. The molecule has 1 unspecified atom stereocenters. The molecule has 1 atom stereocenters. The Bertz CT molecular complexity index is 71.4. The summed E-state index contributed by atoms with van der Waals surface area (Å²) in [5, 5.41) is 18.6. The first-order valence-electron chi connectivity index (χ1n) is 2.94. The molecule has 1 aliphatic heterocycles. The van der Waals surface area contributed by atoms with Crippen LogP contribution in [0.3, 0.4) is 0 Å². The van der Waals surface area contributed by atoms with Crippen LogP contribution in [0.2, 0.25) is 0 Å². The molecule has 0 aromatic heterocycles. The van der Waals surface area contributed by atoms with Crippen molar-refractivity contribution in [1.82, 2.24) is 5.06 Å². The van der Waals surface area contributed by atoms with E-state index in [1.807, 2.05) is 0 Å². The van der Waals surface area contributed by atoms with Crippen molar-refractivity contribution in [2.75, 3.05) is 6.54 Å². The van der Waals surface area contributed by atoms with Crippen molar-refractivity contribution in [2.24, 2.45) is 0 Å². The van der Waals surface area contributed by atoms with Crippen molar-refractivity contribution >= 4 is 12.4 Å². The summed E-state index contributed by atoms with van der Waals surface area (Å²) in [4.78, 5) is 0. The third-order valence-electron chi connectivity index (χ3n) is 1.44. The van der Waals surface area contributed by atoms with Gasteiger partial charge in [0.1, 0.15) is 6.23 Å². The van der Waals surface area contributed by atoms with Crippen LogP contribution in [0.25, 0.3) is 0 Å². The van der Waals surface area contributed by atoms with Gasteiger partial charge in [-0.15, -0.1) is 12.4 Å². The molecule has 0 spiro atoms. The van der Waals surface area contributed by atoms with Crippen molar-refractivity contribution in [1.29, 1.82) is 0 Å². The SMILES string of the molecule is Cl.OC1CCCCN1O. The average molecular weight is 154 g/mol. The predicted molar refractivity (Wildman–Crippen MR) is 35.6 cm³/mol. The number of hydrogen-bond donors (Lipinski definition) is 2. The minimum atomic E-state index is -0.608. The van der Waals surface area contributed by atoms with Gasteiger partial charge in [0, 0.05) is 6.54 Å². The molecule has 1 saturated heterocycles. The van der Waals surface area contributed by atoms with E-state index >= 15 is 0 Å². The first-order valence-corrected chi connectivity index (χ1v) is 2.94. The minimum Gasteiger partial charge on any atom is -0.376 e. The molecular formula is C5H12ClNO2. The van der Waals surface area contributed by atoms with Crippen molar-refractivity contribution in [3.05, 3.63) is 0 Å². The van der Waals surface area contributed by atoms with E-state index in [1.165, 1.54) is 0 Å². The number of piperidine rings is 1. The maximum absolute atomic E-state index is 8.85. The maximum Gasteiger partial charge on any atom is 0.129 e. The topological polar surface area (TPSA) is 43.7 Å². The zero-order valence-electron chi connectivity index (χ0n) is 5.16. The lowest BCUT2D eigenvalue weighted by Gasteiger charge is -2.25. The maximum atomic E-state index is 8.85. The van der Waals surface area contributed by atoms with Crippen LogP contribution in [0.1, 0.15) is 19.3 Å². The highest BCUT2D eigenvalue weighted by Gasteiger charge is 2.16. The fourth-order valence-corrected chi connectivity index (χ4v) is 0.899. The third-order valence-corrected chi connectivity index (χ3v) is 1.44. The second-order valence-electron chi connectivity index (χ2n) is 2.14. The molecule has 9 heavy (non-hydrogen) atoms. The molecule has 0 radical (unpaired) electrons. The Kier molecular flexibility index (Phi) is 4.14. The standard InChI is InChI=1S/C5H11NO2.ClH/c7-5-3-1-2-4-6(5)8;/h5,7-8H,1-4H2;1H. The Hall–Kier alpha value is 0.170. The Morgan fingerprint density at radius 1 is 1.33 bits per heavy atom. The molecule has 3 nitrogen and oxygen atoms in total. The number of aliphatic hydroxyl groups is 1. The third kappa shape index (κ3) is 2.49. The van der Waals surface area contributed by atoms with Gasteiger partial charge in [0.2, 0.25) is 0 Å². The van der Waals surface area contributed by atoms with Crippen LogP contribution < -0.4 is 0 Å². The highest BCUT2D eigenvalue weighted by atomic mass is 35.5. The van der Waals surface area contributed by atoms with Gasteiger partial charge >= 0.3 is 0 Å². The van der Waals surface area contributed by atoms with Crippen LogP contribution in [-0.4, -0.2) is 28.1 Å². The molecule has 0 amide bonds. The van der Waals surface area contributed by atoms with Crippen LogP contribution in [0.5, 0.6) is 0 Å². The lowest BCUT2D eigenvalue weighted by atomic mass is 10.1. The Labute approximate surface area is 60.6 Å². The first-order chi connectivity index (χ1) is 3.80. The summed E-state index contributed by atoms with van der Waals surface area (Å²) in [6.45, 7) is 0.612. The Balaban J connectivity index is 0.000000640. The van der Waals surface area contributed by atoms with E-state index in [-0.39, 0.29) is 12.4 Å². The molecule has 0 aromatic carbocycles. The van der Waals surface area contributed by atoms with Crippen LogP contribution >= 0.6 is 12.4 Å². The van der Waals surface area contributed by atoms with Gasteiger partial charge in [-0.25, -0.2) is 0 Å². The van der Waals surface area contributed by atoms with Crippen molar-refractivity contribution < 1.29 is 10.3 Å². The second kappa shape index (κ2) is 4.06. The fraction of sp³-hybridized carbons (Fsp3) is 1.00. The van der Waals surface area contributed by atoms with Crippen LogP contribution in [-0.2, 0) is 0 Å². The van der Waals surface area contributed by atoms with Gasteiger partial charge in [-0.2, -0.15) is 5.06 Å². The summed E-state index contributed by atoms with van der Waals surface area (Å²) in [5.74, 6) is 0. The zero-order chi connectivity index (χ0) is 5.98. The lowest BCUT2D eigenvalue weighted by Crippen LogP contribution is -2.36. The van der Waals surface area contributed by atoms with Crippen molar-refractivity contribution in [2.45, 2.75) is 25.5 Å². The van der Waals surface area contributed by atoms with Crippen LogP contribution in [0, 0.1) is 0 Å². The molecule has 0 bridgehead atoms. The molecule has 2 N–H and O–H groups in total. The highest BCUT2D eigenvalue weighted by Crippen LogP contribution is 2.11. The smallest absolute Gasteiger partial charge is 0.129 e. The van der Waals surface area contributed by atoms with E-state index in [0.29, 0.717) is 13.0 Å². The Morgan fingerprint density at radius 2 is 2.00 bits per heavy atom. The van der Waals surface area contributed by atoms with E-state index in [9.17, 15) is 0 Å². The largest absolute Gasteiger partial charge is 0.376 e. The normalized spacial score (nSPS) is 29.3. The molecular weight excluding hydrogens is 142 g/mol. The summed E-state index contributed by atoms with van der Waals surface area (Å²) in [6.07, 6.45) is 2.12. The lowest BCUT2D eigenvalue weighted by molar-refractivity contribution is -0.210. The van der Waals surface area contributed by atoms with E-state index in [2.05, 4.69) is 0 Å². The number of nitrogens with zero attached hydrogens (tertiary/aromatic N) is 1. The molecule has 56 valence electrons. The molecule has 1 fully saturated rings. The Morgan fingerprint density at radius 3 is 2.33 bits per heavy atom. The zero-order valence-corrected chi connectivity index (χ0v) is 5.97. The second-order valence-corrected chi connectivity index (χ2v) is 2.14. The number of rotatable bonds is 0. The molecule has 0 aliphatic carbocycles. The van der Waals surface area contributed by atoms with Crippen LogP contribution in [0.15, 0.2) is 0 Å². The fourth-order valence-electron chi connectivity index (χ4n) is 0.899. The van der Waals surface area contributed by atoms with E-state index < -0.39 is 6.23 Å². The molecule has 0 saturated carbocycles. The van der Waals surface area contributed by atoms with Gasteiger partial charge in [0.15, 0.2) is 0 Å². The first kappa shape index (κ1) is 9.17.